The lowest BCUT2D eigenvalue weighted by atomic mass is 10.0. The van der Waals surface area contributed by atoms with E-state index in [-0.39, 0.29) is 35.0 Å². The highest BCUT2D eigenvalue weighted by molar-refractivity contribution is 7.21. The largest absolute Gasteiger partial charge is 0.348 e. The molecule has 1 amide bonds. The molecule has 3 aromatic heterocycles. The molecule has 1 fully saturated rings. The molecule has 0 radical (unpaired) electrons. The van der Waals surface area contributed by atoms with E-state index in [4.69, 9.17) is 4.52 Å². The standard InChI is InChI=1S/C22H23N7O3S/c1-4-28-17(19-24-13(3)27-32-19)26-20-16(21(28)31)25-22(33-20)29-11-10-15(29)18(30)23-12(2)14-8-6-5-7-9-14/h5-9,12,15H,4,10-11H2,1-3H3,(H,23,30)/t12-,15-/m1/s1. The van der Waals surface area contributed by atoms with E-state index < -0.39 is 0 Å². The second-order valence-corrected chi connectivity index (χ2v) is 8.88. The van der Waals surface area contributed by atoms with Gasteiger partial charge in [-0.1, -0.05) is 46.8 Å². The molecule has 1 aliphatic rings. The SMILES string of the molecule is CCn1c(-c2nc(C)no2)nc2sc(N3CC[C@@H]3C(=O)N[C@H](C)c3ccccc3)nc2c1=O. The average Bonchev–Trinajstić information content (AvgIpc) is 3.39. The Bertz CT molecular complexity index is 1380. The third-order valence-corrected chi connectivity index (χ3v) is 6.76. The molecule has 1 aliphatic heterocycles. The summed E-state index contributed by atoms with van der Waals surface area (Å²) in [6.45, 7) is 6.59. The van der Waals surface area contributed by atoms with Crippen molar-refractivity contribution >= 4 is 32.7 Å². The molecule has 0 spiro atoms. The Hall–Kier alpha value is -3.60. The van der Waals surface area contributed by atoms with Gasteiger partial charge < -0.3 is 14.7 Å². The van der Waals surface area contributed by atoms with Crippen LogP contribution in [-0.4, -0.2) is 43.2 Å². The number of fused-ring (bicyclic) bond motifs is 1. The van der Waals surface area contributed by atoms with E-state index in [2.05, 4.69) is 25.4 Å². The highest BCUT2D eigenvalue weighted by Gasteiger charge is 2.37. The highest BCUT2D eigenvalue weighted by Crippen LogP contribution is 2.33. The van der Waals surface area contributed by atoms with E-state index in [0.717, 1.165) is 12.0 Å². The minimum atomic E-state index is -0.330. The van der Waals surface area contributed by atoms with Gasteiger partial charge >= 0.3 is 0 Å². The van der Waals surface area contributed by atoms with Gasteiger partial charge in [0.1, 0.15) is 6.04 Å². The van der Waals surface area contributed by atoms with Crippen molar-refractivity contribution in [2.24, 2.45) is 0 Å². The summed E-state index contributed by atoms with van der Waals surface area (Å²) in [7, 11) is 0. The monoisotopic (exact) mass is 465 g/mol. The Morgan fingerprint density at radius 1 is 1.27 bits per heavy atom. The molecule has 10 nitrogen and oxygen atoms in total. The van der Waals surface area contributed by atoms with Crippen molar-refractivity contribution < 1.29 is 9.32 Å². The Balaban J connectivity index is 1.42. The molecule has 0 unspecified atom stereocenters. The van der Waals surface area contributed by atoms with Gasteiger partial charge in [-0.3, -0.25) is 14.2 Å². The fraction of sp³-hybridized carbons (Fsp3) is 0.364. The van der Waals surface area contributed by atoms with E-state index >= 15 is 0 Å². The minimum Gasteiger partial charge on any atom is -0.348 e. The number of hydrogen-bond donors (Lipinski definition) is 1. The van der Waals surface area contributed by atoms with Crippen molar-refractivity contribution in [2.75, 3.05) is 11.4 Å². The van der Waals surface area contributed by atoms with E-state index in [1.165, 1.54) is 15.9 Å². The third kappa shape index (κ3) is 3.78. The maximum absolute atomic E-state index is 13.1. The first kappa shape index (κ1) is 21.3. The van der Waals surface area contributed by atoms with Gasteiger partial charge in [0.2, 0.25) is 11.7 Å². The van der Waals surface area contributed by atoms with Gasteiger partial charge in [0.25, 0.3) is 11.4 Å². The number of anilines is 1. The second-order valence-electron chi connectivity index (χ2n) is 7.92. The number of nitrogens with one attached hydrogen (secondary N) is 1. The molecule has 33 heavy (non-hydrogen) atoms. The van der Waals surface area contributed by atoms with E-state index in [9.17, 15) is 9.59 Å². The fourth-order valence-corrected chi connectivity index (χ4v) is 4.90. The zero-order valence-corrected chi connectivity index (χ0v) is 19.3. The Morgan fingerprint density at radius 3 is 2.70 bits per heavy atom. The van der Waals surface area contributed by atoms with Crippen LogP contribution in [-0.2, 0) is 11.3 Å². The van der Waals surface area contributed by atoms with Gasteiger partial charge in [-0.15, -0.1) is 0 Å². The van der Waals surface area contributed by atoms with Crippen molar-refractivity contribution in [1.82, 2.24) is 30.0 Å². The third-order valence-electron chi connectivity index (χ3n) is 5.77. The molecule has 5 rings (SSSR count). The number of nitrogens with zero attached hydrogens (tertiary/aromatic N) is 6. The van der Waals surface area contributed by atoms with Gasteiger partial charge in [0.05, 0.1) is 6.04 Å². The van der Waals surface area contributed by atoms with Crippen molar-refractivity contribution in [2.45, 2.75) is 45.8 Å². The van der Waals surface area contributed by atoms with Crippen LogP contribution in [0.1, 0.15) is 37.7 Å². The molecule has 1 N–H and O–H groups in total. The summed E-state index contributed by atoms with van der Waals surface area (Å²) in [4.78, 5) is 41.8. The number of amides is 1. The minimum absolute atomic E-state index is 0.0576. The Labute approximate surface area is 193 Å². The van der Waals surface area contributed by atoms with Gasteiger partial charge in [0.15, 0.2) is 21.3 Å². The number of hydrogen-bond acceptors (Lipinski definition) is 9. The van der Waals surface area contributed by atoms with Crippen molar-refractivity contribution in [3.8, 4) is 11.7 Å². The summed E-state index contributed by atoms with van der Waals surface area (Å²) in [5.41, 5.74) is 1.06. The summed E-state index contributed by atoms with van der Waals surface area (Å²) in [5.74, 6) is 0.920. The summed E-state index contributed by atoms with van der Waals surface area (Å²) in [5, 5.41) is 7.49. The first-order valence-electron chi connectivity index (χ1n) is 10.8. The quantitative estimate of drug-likeness (QED) is 0.462. The van der Waals surface area contributed by atoms with Crippen LogP contribution in [0.2, 0.25) is 0 Å². The number of aryl methyl sites for hydroxylation is 1. The lowest BCUT2D eigenvalue weighted by molar-refractivity contribution is -0.124. The Morgan fingerprint density at radius 2 is 2.06 bits per heavy atom. The second kappa shape index (κ2) is 8.39. The topological polar surface area (TPSA) is 119 Å². The lowest BCUT2D eigenvalue weighted by Crippen LogP contribution is -2.56. The molecular weight excluding hydrogens is 442 g/mol. The molecule has 4 aromatic rings. The summed E-state index contributed by atoms with van der Waals surface area (Å²) >= 11 is 1.29. The van der Waals surface area contributed by atoms with Crippen LogP contribution < -0.4 is 15.8 Å². The maximum atomic E-state index is 13.1. The van der Waals surface area contributed by atoms with Gasteiger partial charge in [-0.2, -0.15) is 4.98 Å². The van der Waals surface area contributed by atoms with Crippen molar-refractivity contribution in [3.05, 3.63) is 52.1 Å². The van der Waals surface area contributed by atoms with Gasteiger partial charge in [-0.05, 0) is 32.8 Å². The number of carbonyl (C=O) groups excluding carboxylic acids is 1. The first-order chi connectivity index (χ1) is 16.0. The molecular formula is C22H23N7O3S. The zero-order chi connectivity index (χ0) is 23.1. The summed E-state index contributed by atoms with van der Waals surface area (Å²) in [6.07, 6.45) is 0.725. The normalized spacial score (nSPS) is 16.6. The summed E-state index contributed by atoms with van der Waals surface area (Å²) < 4.78 is 6.72. The van der Waals surface area contributed by atoms with Crippen LogP contribution in [0.25, 0.3) is 22.1 Å². The Kier molecular flexibility index (Phi) is 5.41. The smallest absolute Gasteiger partial charge is 0.294 e. The molecule has 4 heterocycles. The van der Waals surface area contributed by atoms with Gasteiger partial charge in [-0.25, -0.2) is 9.97 Å². The van der Waals surface area contributed by atoms with Crippen molar-refractivity contribution in [3.63, 3.8) is 0 Å². The average molecular weight is 466 g/mol. The van der Waals surface area contributed by atoms with Crippen molar-refractivity contribution in [1.29, 1.82) is 0 Å². The first-order valence-corrected chi connectivity index (χ1v) is 11.6. The van der Waals surface area contributed by atoms with Crippen LogP contribution >= 0.6 is 11.3 Å². The predicted molar refractivity (Wildman–Crippen MR) is 124 cm³/mol. The van der Waals surface area contributed by atoms with Crippen LogP contribution in [0, 0.1) is 6.92 Å². The summed E-state index contributed by atoms with van der Waals surface area (Å²) in [6, 6.07) is 9.40. The molecule has 0 bridgehead atoms. The molecule has 1 aromatic carbocycles. The number of thiazole rings is 1. The van der Waals surface area contributed by atoms with Crippen LogP contribution in [0.4, 0.5) is 5.13 Å². The maximum Gasteiger partial charge on any atom is 0.294 e. The fourth-order valence-electron chi connectivity index (χ4n) is 3.89. The van der Waals surface area contributed by atoms with E-state index in [1.54, 1.807) is 6.92 Å². The van der Waals surface area contributed by atoms with Crippen LogP contribution in [0.3, 0.4) is 0 Å². The molecule has 11 heteroatoms. The van der Waals surface area contributed by atoms with Crippen LogP contribution in [0.15, 0.2) is 39.6 Å². The van der Waals surface area contributed by atoms with E-state index in [1.807, 2.05) is 49.1 Å². The van der Waals surface area contributed by atoms with Crippen LogP contribution in [0.5, 0.6) is 0 Å². The van der Waals surface area contributed by atoms with E-state index in [0.29, 0.717) is 34.7 Å². The molecule has 170 valence electrons. The number of rotatable bonds is 6. The molecule has 2 atom stereocenters. The highest BCUT2D eigenvalue weighted by atomic mass is 32.1. The number of benzene rings is 1. The molecule has 0 saturated carbocycles. The lowest BCUT2D eigenvalue weighted by Gasteiger charge is -2.40. The predicted octanol–water partition coefficient (Wildman–Crippen LogP) is 2.69. The van der Waals surface area contributed by atoms with Gasteiger partial charge in [0, 0.05) is 13.1 Å². The number of aromatic nitrogens is 5. The number of carbonyl (C=O) groups is 1. The molecule has 0 aliphatic carbocycles. The zero-order valence-electron chi connectivity index (χ0n) is 18.5. The molecule has 1 saturated heterocycles.